The highest BCUT2D eigenvalue weighted by Gasteiger charge is 2.33. The standard InChI is InChI=1S/C20H35N3O5/c1-6-7-8-9-10-11-12-13-15(22-19(26)28-20(2,3)4)14-16(24)17(23-21)18(25)27-5/h15H,6-14H2,1-5H3,(H,22,26)/t15-/m0/s1. The molecule has 0 radical (unpaired) electrons. The Labute approximate surface area is 168 Å². The number of methoxy groups -OCH3 is 1. The normalized spacial score (nSPS) is 11.9. The molecule has 0 fully saturated rings. The van der Waals surface area contributed by atoms with Crippen molar-refractivity contribution < 1.29 is 28.6 Å². The summed E-state index contributed by atoms with van der Waals surface area (Å²) in [6, 6.07) is -0.528. The van der Waals surface area contributed by atoms with E-state index in [1.165, 1.54) is 25.7 Å². The maximum Gasteiger partial charge on any atom is 0.441 e. The van der Waals surface area contributed by atoms with Gasteiger partial charge in [0, 0.05) is 12.5 Å². The second-order valence-electron chi connectivity index (χ2n) is 7.82. The maximum atomic E-state index is 12.3. The van der Waals surface area contributed by atoms with Crippen molar-refractivity contribution in [1.29, 1.82) is 0 Å². The number of carbonyl (C=O) groups is 3. The number of rotatable bonds is 13. The SMILES string of the molecule is CCCCCCCCC[C@@H](CC(=O)C(=[N+]=[N-])C(=O)OC)NC(=O)OC(C)(C)C. The van der Waals surface area contributed by atoms with Gasteiger partial charge in [0.1, 0.15) is 5.60 Å². The van der Waals surface area contributed by atoms with Crippen LogP contribution in [0.15, 0.2) is 0 Å². The number of nitrogens with one attached hydrogen (secondary N) is 1. The number of hydrogen-bond donors (Lipinski definition) is 1. The number of alkyl carbamates (subject to hydrolysis) is 1. The quantitative estimate of drug-likeness (QED) is 0.127. The molecule has 0 aromatic carbocycles. The fourth-order valence-electron chi connectivity index (χ4n) is 2.67. The Bertz CT molecular complexity index is 563. The smallest absolute Gasteiger partial charge is 0.441 e. The Balaban J connectivity index is 4.79. The fraction of sp³-hybridized carbons (Fsp3) is 0.800. The first-order valence-electron chi connectivity index (χ1n) is 9.97. The van der Waals surface area contributed by atoms with Gasteiger partial charge in [-0.05, 0) is 27.2 Å². The number of nitrogens with zero attached hydrogens (tertiary/aromatic N) is 2. The van der Waals surface area contributed by atoms with Crippen LogP contribution in [-0.2, 0) is 19.1 Å². The van der Waals surface area contributed by atoms with Gasteiger partial charge in [0.2, 0.25) is 0 Å². The van der Waals surface area contributed by atoms with Gasteiger partial charge in [0.25, 0.3) is 5.78 Å². The Kier molecular flexibility index (Phi) is 12.8. The lowest BCUT2D eigenvalue weighted by Crippen LogP contribution is -2.41. The average molecular weight is 398 g/mol. The molecule has 0 aliphatic carbocycles. The second kappa shape index (κ2) is 13.9. The van der Waals surface area contributed by atoms with E-state index in [1.807, 2.05) is 0 Å². The van der Waals surface area contributed by atoms with Crippen molar-refractivity contribution in [3.8, 4) is 0 Å². The van der Waals surface area contributed by atoms with Crippen molar-refractivity contribution in [2.75, 3.05) is 7.11 Å². The van der Waals surface area contributed by atoms with E-state index in [0.29, 0.717) is 6.42 Å². The number of ketones is 1. The molecule has 0 heterocycles. The number of unbranched alkanes of at least 4 members (excludes halogenated alkanes) is 6. The average Bonchev–Trinajstić information content (AvgIpc) is 2.59. The van der Waals surface area contributed by atoms with E-state index in [-0.39, 0.29) is 6.42 Å². The van der Waals surface area contributed by atoms with E-state index in [9.17, 15) is 14.4 Å². The van der Waals surface area contributed by atoms with Crippen molar-refractivity contribution in [3.05, 3.63) is 5.53 Å². The minimum atomic E-state index is -1.01. The van der Waals surface area contributed by atoms with Gasteiger partial charge in [-0.1, -0.05) is 51.9 Å². The number of ether oxygens (including phenoxy) is 2. The van der Waals surface area contributed by atoms with Crippen molar-refractivity contribution in [2.45, 2.75) is 97.1 Å². The summed E-state index contributed by atoms with van der Waals surface area (Å²) in [5, 5.41) is 2.68. The third-order valence-electron chi connectivity index (χ3n) is 4.05. The van der Waals surface area contributed by atoms with Gasteiger partial charge in [-0.25, -0.2) is 9.59 Å². The molecule has 8 heteroatoms. The number of carbonyl (C=O) groups excluding carboxylic acids is 3. The number of hydrogen-bond acceptors (Lipinski definition) is 5. The van der Waals surface area contributed by atoms with Gasteiger partial charge in [-0.15, -0.1) is 0 Å². The van der Waals surface area contributed by atoms with E-state index in [2.05, 4.69) is 21.8 Å². The Morgan fingerprint density at radius 3 is 2.11 bits per heavy atom. The van der Waals surface area contributed by atoms with Crippen LogP contribution in [0, 0.1) is 0 Å². The molecule has 0 spiro atoms. The predicted octanol–water partition coefficient (Wildman–Crippen LogP) is 3.82. The Morgan fingerprint density at radius 1 is 1.04 bits per heavy atom. The largest absolute Gasteiger partial charge is 0.460 e. The van der Waals surface area contributed by atoms with Crippen molar-refractivity contribution in [2.24, 2.45) is 0 Å². The summed E-state index contributed by atoms with van der Waals surface area (Å²) in [7, 11) is 1.09. The van der Waals surface area contributed by atoms with Gasteiger partial charge < -0.3 is 20.3 Å². The molecule has 1 atom stereocenters. The molecule has 0 aromatic heterocycles. The van der Waals surface area contributed by atoms with Gasteiger partial charge >= 0.3 is 17.8 Å². The molecule has 0 rings (SSSR count). The lowest BCUT2D eigenvalue weighted by Gasteiger charge is -2.23. The minimum absolute atomic E-state index is 0.177. The third kappa shape index (κ3) is 12.2. The van der Waals surface area contributed by atoms with E-state index in [4.69, 9.17) is 10.3 Å². The zero-order valence-electron chi connectivity index (χ0n) is 17.9. The summed E-state index contributed by atoms with van der Waals surface area (Å²) in [4.78, 5) is 38.6. The monoisotopic (exact) mass is 397 g/mol. The highest BCUT2D eigenvalue weighted by molar-refractivity contribution is 6.62. The minimum Gasteiger partial charge on any atom is -0.460 e. The highest BCUT2D eigenvalue weighted by Crippen LogP contribution is 2.13. The molecular weight excluding hydrogens is 362 g/mol. The van der Waals surface area contributed by atoms with Crippen LogP contribution in [0.25, 0.3) is 5.53 Å². The van der Waals surface area contributed by atoms with Crippen LogP contribution in [0.3, 0.4) is 0 Å². The molecule has 0 aromatic rings. The summed E-state index contributed by atoms with van der Waals surface area (Å²) in [6.07, 6.45) is 7.46. The molecule has 0 aliphatic heterocycles. The third-order valence-corrected chi connectivity index (χ3v) is 4.05. The first kappa shape index (κ1) is 25.8. The summed E-state index contributed by atoms with van der Waals surface area (Å²) in [6.45, 7) is 7.41. The number of Topliss-reactive ketones (excluding diaryl/α,β-unsaturated/α-hetero) is 1. The molecule has 0 bridgehead atoms. The summed E-state index contributed by atoms with van der Waals surface area (Å²) in [5.41, 5.74) is 7.57. The topological polar surface area (TPSA) is 118 Å². The molecule has 1 amide bonds. The zero-order chi connectivity index (χ0) is 21.6. The Morgan fingerprint density at radius 2 is 1.61 bits per heavy atom. The molecule has 8 nitrogen and oxygen atoms in total. The van der Waals surface area contributed by atoms with Gasteiger partial charge in [0.05, 0.1) is 7.11 Å². The van der Waals surface area contributed by atoms with E-state index >= 15 is 0 Å². The van der Waals surface area contributed by atoms with Crippen LogP contribution < -0.4 is 5.32 Å². The maximum absolute atomic E-state index is 12.3. The molecule has 1 N–H and O–H groups in total. The molecule has 28 heavy (non-hydrogen) atoms. The van der Waals surface area contributed by atoms with Crippen LogP contribution in [0.5, 0.6) is 0 Å². The van der Waals surface area contributed by atoms with Crippen molar-refractivity contribution in [1.82, 2.24) is 5.32 Å². The zero-order valence-corrected chi connectivity index (χ0v) is 17.9. The second-order valence-corrected chi connectivity index (χ2v) is 7.82. The Hall–Kier alpha value is -2.21. The number of amides is 1. The molecule has 0 unspecified atom stereocenters. The van der Waals surface area contributed by atoms with Crippen LogP contribution >= 0.6 is 0 Å². The van der Waals surface area contributed by atoms with Gasteiger partial charge in [-0.2, -0.15) is 4.79 Å². The summed E-state index contributed by atoms with van der Waals surface area (Å²) < 4.78 is 9.68. The van der Waals surface area contributed by atoms with E-state index in [0.717, 1.165) is 26.4 Å². The molecule has 160 valence electrons. The summed E-state index contributed by atoms with van der Waals surface area (Å²) >= 11 is 0. The van der Waals surface area contributed by atoms with Crippen molar-refractivity contribution in [3.63, 3.8) is 0 Å². The first-order valence-corrected chi connectivity index (χ1v) is 9.97. The van der Waals surface area contributed by atoms with Crippen molar-refractivity contribution >= 4 is 23.6 Å². The van der Waals surface area contributed by atoms with Crippen LogP contribution in [0.4, 0.5) is 4.79 Å². The number of esters is 1. The summed E-state index contributed by atoms with van der Waals surface area (Å²) in [5.74, 6) is -1.71. The van der Waals surface area contributed by atoms with Crippen LogP contribution in [0.1, 0.15) is 85.5 Å². The van der Waals surface area contributed by atoms with Gasteiger partial charge in [-0.3, -0.25) is 4.79 Å². The molecule has 0 saturated carbocycles. The van der Waals surface area contributed by atoms with Crippen LogP contribution in [0.2, 0.25) is 0 Å². The lowest BCUT2D eigenvalue weighted by atomic mass is 10.00. The predicted molar refractivity (Wildman–Crippen MR) is 106 cm³/mol. The molecular formula is C20H35N3O5. The van der Waals surface area contributed by atoms with E-state index in [1.54, 1.807) is 20.8 Å². The highest BCUT2D eigenvalue weighted by atomic mass is 16.6. The van der Waals surface area contributed by atoms with E-state index < -0.39 is 35.2 Å². The first-order chi connectivity index (χ1) is 13.1. The lowest BCUT2D eigenvalue weighted by molar-refractivity contribution is -0.139. The fourth-order valence-corrected chi connectivity index (χ4v) is 2.67. The molecule has 0 aliphatic rings. The molecule has 0 saturated heterocycles. The van der Waals surface area contributed by atoms with Crippen LogP contribution in [-0.4, -0.2) is 47.1 Å². The van der Waals surface area contributed by atoms with Gasteiger partial charge in [0.15, 0.2) is 0 Å².